The second kappa shape index (κ2) is 5.52. The second-order valence-electron chi connectivity index (χ2n) is 4.39. The Morgan fingerprint density at radius 1 is 1.25 bits per heavy atom. The van der Waals surface area contributed by atoms with Crippen LogP contribution in [0.3, 0.4) is 0 Å². The van der Waals surface area contributed by atoms with Crippen molar-refractivity contribution >= 4 is 17.8 Å². The quantitative estimate of drug-likeness (QED) is 0.683. The van der Waals surface area contributed by atoms with Crippen LogP contribution in [0.15, 0.2) is 36.5 Å². The fraction of sp³-hybridized carbons (Fsp3) is 0.133. The van der Waals surface area contributed by atoms with E-state index in [1.165, 1.54) is 18.2 Å². The molecule has 102 valence electrons. The Morgan fingerprint density at radius 3 is 2.55 bits per heavy atom. The Kier molecular flexibility index (Phi) is 3.79. The van der Waals surface area contributed by atoms with E-state index in [-0.39, 0.29) is 11.3 Å². The summed E-state index contributed by atoms with van der Waals surface area (Å²) in [7, 11) is 1.74. The highest BCUT2D eigenvalue weighted by molar-refractivity contribution is 6.08. The van der Waals surface area contributed by atoms with Crippen molar-refractivity contribution in [3.8, 4) is 0 Å². The number of hydrogen-bond donors (Lipinski definition) is 1. The van der Waals surface area contributed by atoms with E-state index in [0.717, 1.165) is 0 Å². The average molecular weight is 270 g/mol. The minimum Gasteiger partial charge on any atom is -0.478 e. The number of nitrogens with zero attached hydrogens (tertiary/aromatic N) is 2. The highest BCUT2D eigenvalue weighted by atomic mass is 16.4. The Bertz CT molecular complexity index is 699. The van der Waals surface area contributed by atoms with Crippen LogP contribution in [0.1, 0.15) is 32.0 Å². The number of aryl methyl sites for hydroxylation is 2. The zero-order valence-electron chi connectivity index (χ0n) is 11.2. The summed E-state index contributed by atoms with van der Waals surface area (Å²) >= 11 is 0. The van der Waals surface area contributed by atoms with Crippen molar-refractivity contribution in [2.75, 3.05) is 0 Å². The average Bonchev–Trinajstić information content (AvgIpc) is 2.75. The molecule has 20 heavy (non-hydrogen) atoms. The maximum absolute atomic E-state index is 12.0. The summed E-state index contributed by atoms with van der Waals surface area (Å²) in [6, 6.07) is 6.53. The second-order valence-corrected chi connectivity index (χ2v) is 4.39. The highest BCUT2D eigenvalue weighted by Crippen LogP contribution is 2.12. The van der Waals surface area contributed by atoms with Gasteiger partial charge in [-0.3, -0.25) is 9.48 Å². The maximum Gasteiger partial charge on any atom is 0.336 e. The fourth-order valence-electron chi connectivity index (χ4n) is 1.93. The molecule has 0 amide bonds. The predicted octanol–water partition coefficient (Wildman–Crippen LogP) is 2.32. The van der Waals surface area contributed by atoms with E-state index in [4.69, 9.17) is 5.11 Å². The van der Waals surface area contributed by atoms with Crippen molar-refractivity contribution < 1.29 is 14.7 Å². The Morgan fingerprint density at radius 2 is 1.95 bits per heavy atom. The van der Waals surface area contributed by atoms with Gasteiger partial charge in [0.05, 0.1) is 16.8 Å². The standard InChI is InChI=1S/C15H14N2O3/c1-10-13(9-17(2)16-10)14(18)8-7-11-5-3-4-6-12(11)15(19)20/h3-9H,1-2H3,(H,19,20)/b8-7+. The molecular weight excluding hydrogens is 256 g/mol. The fourth-order valence-corrected chi connectivity index (χ4v) is 1.93. The molecule has 0 atom stereocenters. The van der Waals surface area contributed by atoms with Gasteiger partial charge in [0.2, 0.25) is 0 Å². The lowest BCUT2D eigenvalue weighted by molar-refractivity contribution is 0.0696. The largest absolute Gasteiger partial charge is 0.478 e. The molecule has 0 aliphatic rings. The molecule has 1 N–H and O–H groups in total. The normalized spacial score (nSPS) is 10.9. The lowest BCUT2D eigenvalue weighted by Gasteiger charge is -1.99. The molecule has 0 bridgehead atoms. The lowest BCUT2D eigenvalue weighted by Crippen LogP contribution is -1.99. The third kappa shape index (κ3) is 2.83. The lowest BCUT2D eigenvalue weighted by atomic mass is 10.1. The molecule has 5 nitrogen and oxygen atoms in total. The van der Waals surface area contributed by atoms with E-state index in [1.807, 2.05) is 0 Å². The van der Waals surface area contributed by atoms with Gasteiger partial charge in [-0.1, -0.05) is 24.3 Å². The number of carbonyl (C=O) groups excluding carboxylic acids is 1. The van der Waals surface area contributed by atoms with Crippen molar-refractivity contribution in [3.63, 3.8) is 0 Å². The number of benzene rings is 1. The Hall–Kier alpha value is -2.69. The molecular formula is C15H14N2O3. The number of hydrogen-bond acceptors (Lipinski definition) is 3. The molecule has 1 aromatic heterocycles. The van der Waals surface area contributed by atoms with Gasteiger partial charge in [0, 0.05) is 13.2 Å². The van der Waals surface area contributed by atoms with Gasteiger partial charge in [-0.25, -0.2) is 4.79 Å². The number of allylic oxidation sites excluding steroid dienone is 1. The molecule has 0 spiro atoms. The van der Waals surface area contributed by atoms with E-state index in [9.17, 15) is 9.59 Å². The van der Waals surface area contributed by atoms with Gasteiger partial charge in [0.15, 0.2) is 5.78 Å². The summed E-state index contributed by atoms with van der Waals surface area (Å²) in [4.78, 5) is 23.1. The topological polar surface area (TPSA) is 72.2 Å². The monoisotopic (exact) mass is 270 g/mol. The van der Waals surface area contributed by atoms with Crippen LogP contribution < -0.4 is 0 Å². The molecule has 0 aliphatic heterocycles. The van der Waals surface area contributed by atoms with Crippen LogP contribution in [0.25, 0.3) is 6.08 Å². The van der Waals surface area contributed by atoms with Gasteiger partial charge in [-0.05, 0) is 24.6 Å². The van der Waals surface area contributed by atoms with E-state index < -0.39 is 5.97 Å². The minimum atomic E-state index is -1.02. The van der Waals surface area contributed by atoms with E-state index in [2.05, 4.69) is 5.10 Å². The van der Waals surface area contributed by atoms with Gasteiger partial charge in [0.25, 0.3) is 0 Å². The van der Waals surface area contributed by atoms with Gasteiger partial charge in [-0.2, -0.15) is 5.10 Å². The minimum absolute atomic E-state index is 0.166. The summed E-state index contributed by atoms with van der Waals surface area (Å²) in [5.74, 6) is -1.22. The number of ketones is 1. The molecule has 2 rings (SSSR count). The SMILES string of the molecule is Cc1nn(C)cc1C(=O)/C=C/c1ccccc1C(=O)O. The smallest absolute Gasteiger partial charge is 0.336 e. The third-order valence-corrected chi connectivity index (χ3v) is 2.88. The van der Waals surface area contributed by atoms with Crippen LogP contribution >= 0.6 is 0 Å². The summed E-state index contributed by atoms with van der Waals surface area (Å²) in [6.45, 7) is 1.76. The van der Waals surface area contributed by atoms with E-state index >= 15 is 0 Å². The zero-order valence-corrected chi connectivity index (χ0v) is 11.2. The number of rotatable bonds is 4. The van der Waals surface area contributed by atoms with Crippen LogP contribution in [-0.2, 0) is 7.05 Å². The van der Waals surface area contributed by atoms with Crippen molar-refractivity contribution in [3.05, 3.63) is 58.9 Å². The maximum atomic E-state index is 12.0. The van der Waals surface area contributed by atoms with Crippen LogP contribution in [0, 0.1) is 6.92 Å². The van der Waals surface area contributed by atoms with E-state index in [0.29, 0.717) is 16.8 Å². The third-order valence-electron chi connectivity index (χ3n) is 2.88. The number of aromatic nitrogens is 2. The zero-order chi connectivity index (χ0) is 14.7. The van der Waals surface area contributed by atoms with Crippen molar-refractivity contribution in [2.45, 2.75) is 6.92 Å². The van der Waals surface area contributed by atoms with Gasteiger partial charge < -0.3 is 5.11 Å². The first kappa shape index (κ1) is 13.7. The summed E-state index contributed by atoms with van der Waals surface area (Å²) in [6.07, 6.45) is 4.52. The van der Waals surface area contributed by atoms with Crippen LogP contribution in [0.2, 0.25) is 0 Å². The van der Waals surface area contributed by atoms with Crippen LogP contribution in [0.4, 0.5) is 0 Å². The molecule has 0 saturated carbocycles. The number of carbonyl (C=O) groups is 2. The molecule has 1 aromatic carbocycles. The molecule has 0 aliphatic carbocycles. The van der Waals surface area contributed by atoms with Crippen molar-refractivity contribution in [1.29, 1.82) is 0 Å². The molecule has 1 heterocycles. The van der Waals surface area contributed by atoms with Gasteiger partial charge in [0.1, 0.15) is 0 Å². The van der Waals surface area contributed by atoms with Crippen LogP contribution in [0.5, 0.6) is 0 Å². The molecule has 5 heteroatoms. The first-order valence-electron chi connectivity index (χ1n) is 6.04. The number of carboxylic acid groups (broad SMARTS) is 1. The first-order chi connectivity index (χ1) is 9.49. The van der Waals surface area contributed by atoms with Crippen molar-refractivity contribution in [1.82, 2.24) is 9.78 Å². The van der Waals surface area contributed by atoms with Gasteiger partial charge in [-0.15, -0.1) is 0 Å². The first-order valence-corrected chi connectivity index (χ1v) is 6.04. The molecule has 0 saturated heterocycles. The van der Waals surface area contributed by atoms with Crippen LogP contribution in [-0.4, -0.2) is 26.6 Å². The predicted molar refractivity (Wildman–Crippen MR) is 74.7 cm³/mol. The van der Waals surface area contributed by atoms with E-state index in [1.54, 1.807) is 43.0 Å². The number of aromatic carboxylic acids is 1. The number of carboxylic acids is 1. The van der Waals surface area contributed by atoms with Crippen molar-refractivity contribution in [2.24, 2.45) is 7.05 Å². The highest BCUT2D eigenvalue weighted by Gasteiger charge is 2.10. The summed E-state index contributed by atoms with van der Waals surface area (Å²) in [5.41, 5.74) is 1.82. The molecule has 0 radical (unpaired) electrons. The Balaban J connectivity index is 2.28. The summed E-state index contributed by atoms with van der Waals surface area (Å²) in [5, 5.41) is 13.2. The Labute approximate surface area is 116 Å². The molecule has 0 unspecified atom stereocenters. The molecule has 0 fully saturated rings. The summed E-state index contributed by atoms with van der Waals surface area (Å²) < 4.78 is 1.57. The van der Waals surface area contributed by atoms with Gasteiger partial charge >= 0.3 is 5.97 Å². The molecule has 2 aromatic rings.